The number of hydrogen-bond donors (Lipinski definition) is 2. The first kappa shape index (κ1) is 25.0. The van der Waals surface area contributed by atoms with Crippen molar-refractivity contribution in [1.82, 2.24) is 30.3 Å². The van der Waals surface area contributed by atoms with E-state index in [0.717, 1.165) is 69.7 Å². The first-order valence-electron chi connectivity index (χ1n) is 10.3. The van der Waals surface area contributed by atoms with E-state index in [9.17, 15) is 0 Å². The Labute approximate surface area is 200 Å². The predicted octanol–water partition coefficient (Wildman–Crippen LogP) is 2.19. The number of methoxy groups -OCH3 is 1. The van der Waals surface area contributed by atoms with Gasteiger partial charge in [-0.05, 0) is 37.6 Å². The van der Waals surface area contributed by atoms with Crippen LogP contribution in [-0.4, -0.2) is 71.6 Å². The molecule has 1 aliphatic rings. The first-order chi connectivity index (χ1) is 14.2. The molecule has 0 bridgehead atoms. The van der Waals surface area contributed by atoms with Gasteiger partial charge >= 0.3 is 0 Å². The van der Waals surface area contributed by atoms with E-state index in [1.165, 1.54) is 4.88 Å². The summed E-state index contributed by atoms with van der Waals surface area (Å²) in [5.41, 5.74) is 0. The zero-order valence-corrected chi connectivity index (χ0v) is 21.3. The van der Waals surface area contributed by atoms with Gasteiger partial charge < -0.3 is 24.8 Å². The molecular weight excluding hydrogens is 513 g/mol. The third kappa shape index (κ3) is 7.78. The lowest BCUT2D eigenvalue weighted by Crippen LogP contribution is -2.49. The van der Waals surface area contributed by atoms with Gasteiger partial charge in [-0.2, -0.15) is 0 Å². The van der Waals surface area contributed by atoms with Crippen molar-refractivity contribution in [3.8, 4) is 0 Å². The van der Waals surface area contributed by atoms with Gasteiger partial charge in [0.15, 0.2) is 11.8 Å². The molecule has 0 spiro atoms. The molecular formula is C20H34IN7OS. The van der Waals surface area contributed by atoms with E-state index in [-0.39, 0.29) is 24.0 Å². The average Bonchev–Trinajstić information content (AvgIpc) is 3.36. The second-order valence-corrected chi connectivity index (χ2v) is 8.43. The highest BCUT2D eigenvalue weighted by Crippen LogP contribution is 2.11. The maximum Gasteiger partial charge on any atom is 0.191 e. The van der Waals surface area contributed by atoms with Gasteiger partial charge in [-0.15, -0.1) is 45.5 Å². The minimum atomic E-state index is 0. The van der Waals surface area contributed by atoms with Crippen molar-refractivity contribution in [2.75, 3.05) is 39.9 Å². The van der Waals surface area contributed by atoms with Gasteiger partial charge in [0.1, 0.15) is 12.4 Å². The third-order valence-corrected chi connectivity index (χ3v) is 6.28. The van der Waals surface area contributed by atoms with Gasteiger partial charge in [0.25, 0.3) is 0 Å². The van der Waals surface area contributed by atoms with Crippen LogP contribution in [0.15, 0.2) is 22.5 Å². The molecule has 0 radical (unpaired) electrons. The van der Waals surface area contributed by atoms with Crippen LogP contribution in [0.5, 0.6) is 0 Å². The number of ether oxygens (including phenoxy) is 1. The first-order valence-corrected chi connectivity index (χ1v) is 11.2. The highest BCUT2D eigenvalue weighted by atomic mass is 127. The van der Waals surface area contributed by atoms with Gasteiger partial charge in [-0.3, -0.25) is 0 Å². The number of piperidine rings is 1. The van der Waals surface area contributed by atoms with Gasteiger partial charge in [-0.1, -0.05) is 6.07 Å². The second-order valence-electron chi connectivity index (χ2n) is 7.40. The number of hydrogen-bond acceptors (Lipinski definition) is 6. The maximum absolute atomic E-state index is 5.20. The Kier molecular flexibility index (Phi) is 11.0. The van der Waals surface area contributed by atoms with Crippen molar-refractivity contribution in [3.05, 3.63) is 34.0 Å². The van der Waals surface area contributed by atoms with Gasteiger partial charge in [0, 0.05) is 51.3 Å². The van der Waals surface area contributed by atoms with Crippen LogP contribution >= 0.6 is 35.3 Å². The molecule has 2 aromatic heterocycles. The predicted molar refractivity (Wildman–Crippen MR) is 133 cm³/mol. The number of nitrogens with one attached hydrogen (secondary N) is 2. The van der Waals surface area contributed by atoms with E-state index < -0.39 is 0 Å². The van der Waals surface area contributed by atoms with Crippen LogP contribution in [0.3, 0.4) is 0 Å². The molecule has 3 heterocycles. The lowest BCUT2D eigenvalue weighted by Gasteiger charge is -2.32. The molecule has 0 atom stereocenters. The monoisotopic (exact) mass is 547 g/mol. The van der Waals surface area contributed by atoms with E-state index in [1.807, 2.05) is 18.5 Å². The molecule has 2 aromatic rings. The smallest absolute Gasteiger partial charge is 0.191 e. The molecule has 1 aliphatic heterocycles. The zero-order valence-electron chi connectivity index (χ0n) is 18.1. The zero-order chi connectivity index (χ0) is 20.5. The molecule has 0 amide bonds. The van der Waals surface area contributed by atoms with Crippen LogP contribution in [0.25, 0.3) is 0 Å². The SMILES string of the molecule is COCCN1CCC(NC(=NCc2nnc(C)n2C)NCCc2cccs2)CC1.I. The Bertz CT molecular complexity index is 757. The highest BCUT2D eigenvalue weighted by molar-refractivity contribution is 14.0. The number of halogens is 1. The minimum absolute atomic E-state index is 0. The number of thiophene rings is 1. The number of guanidine groups is 1. The Morgan fingerprint density at radius 3 is 2.77 bits per heavy atom. The summed E-state index contributed by atoms with van der Waals surface area (Å²) in [6, 6.07) is 4.71. The van der Waals surface area contributed by atoms with Gasteiger partial charge in [0.2, 0.25) is 0 Å². The van der Waals surface area contributed by atoms with Crippen LogP contribution in [0, 0.1) is 6.92 Å². The van der Waals surface area contributed by atoms with Gasteiger partial charge in [0.05, 0.1) is 6.61 Å². The summed E-state index contributed by atoms with van der Waals surface area (Å²) in [6.07, 6.45) is 3.22. The Balaban J connectivity index is 0.00000320. The van der Waals surface area contributed by atoms with Crippen molar-refractivity contribution in [1.29, 1.82) is 0 Å². The molecule has 1 saturated heterocycles. The molecule has 10 heteroatoms. The molecule has 168 valence electrons. The van der Waals surface area contributed by atoms with Crippen LogP contribution in [0.2, 0.25) is 0 Å². The molecule has 0 saturated carbocycles. The molecule has 1 fully saturated rings. The van der Waals surface area contributed by atoms with Crippen LogP contribution < -0.4 is 10.6 Å². The van der Waals surface area contributed by atoms with E-state index in [0.29, 0.717) is 12.6 Å². The molecule has 2 N–H and O–H groups in total. The molecule has 8 nitrogen and oxygen atoms in total. The Morgan fingerprint density at radius 1 is 1.33 bits per heavy atom. The fraction of sp³-hybridized carbons (Fsp3) is 0.650. The van der Waals surface area contributed by atoms with E-state index in [4.69, 9.17) is 9.73 Å². The lowest BCUT2D eigenvalue weighted by atomic mass is 10.1. The topological polar surface area (TPSA) is 79.6 Å². The molecule has 0 aliphatic carbocycles. The van der Waals surface area contributed by atoms with Crippen molar-refractivity contribution in [2.45, 2.75) is 38.8 Å². The van der Waals surface area contributed by atoms with Gasteiger partial charge in [-0.25, -0.2) is 4.99 Å². The lowest BCUT2D eigenvalue weighted by molar-refractivity contribution is 0.128. The van der Waals surface area contributed by atoms with Crippen molar-refractivity contribution < 1.29 is 4.74 Å². The quantitative estimate of drug-likeness (QED) is 0.285. The standard InChI is InChI=1S/C20H33N7OS.HI/c1-16-24-25-19(26(16)2)15-22-20(21-9-6-18-5-4-14-29-18)23-17-7-10-27(11-8-17)12-13-28-3;/h4-5,14,17H,6-13,15H2,1-3H3,(H2,21,22,23);1H. The van der Waals surface area contributed by atoms with E-state index in [2.05, 4.69) is 43.2 Å². The summed E-state index contributed by atoms with van der Waals surface area (Å²) in [4.78, 5) is 8.64. The largest absolute Gasteiger partial charge is 0.383 e. The summed E-state index contributed by atoms with van der Waals surface area (Å²) < 4.78 is 7.18. The van der Waals surface area contributed by atoms with E-state index >= 15 is 0 Å². The van der Waals surface area contributed by atoms with Crippen LogP contribution in [-0.2, 0) is 24.8 Å². The average molecular weight is 548 g/mol. The normalized spacial score (nSPS) is 15.8. The van der Waals surface area contributed by atoms with Crippen molar-refractivity contribution in [2.24, 2.45) is 12.0 Å². The van der Waals surface area contributed by atoms with E-state index in [1.54, 1.807) is 18.4 Å². The molecule has 0 unspecified atom stereocenters. The van der Waals surface area contributed by atoms with Crippen LogP contribution in [0.1, 0.15) is 29.4 Å². The second kappa shape index (κ2) is 13.2. The van der Waals surface area contributed by atoms with Crippen molar-refractivity contribution in [3.63, 3.8) is 0 Å². The Morgan fingerprint density at radius 2 is 2.13 bits per heavy atom. The Hall–Kier alpha value is -1.24. The third-order valence-electron chi connectivity index (χ3n) is 5.35. The fourth-order valence-electron chi connectivity index (χ4n) is 3.36. The molecule has 0 aromatic carbocycles. The molecule has 3 rings (SSSR count). The highest BCUT2D eigenvalue weighted by Gasteiger charge is 2.20. The maximum atomic E-state index is 5.20. The number of aryl methyl sites for hydroxylation is 1. The summed E-state index contributed by atoms with van der Waals surface area (Å²) in [5.74, 6) is 2.63. The number of rotatable bonds is 9. The number of aromatic nitrogens is 3. The summed E-state index contributed by atoms with van der Waals surface area (Å²) in [5, 5.41) is 17.6. The molecule has 30 heavy (non-hydrogen) atoms. The number of aliphatic imine (C=N–C) groups is 1. The number of likely N-dealkylation sites (tertiary alicyclic amines) is 1. The van der Waals surface area contributed by atoms with Crippen molar-refractivity contribution >= 4 is 41.3 Å². The minimum Gasteiger partial charge on any atom is -0.383 e. The summed E-state index contributed by atoms with van der Waals surface area (Å²) in [6.45, 7) is 7.31. The summed E-state index contributed by atoms with van der Waals surface area (Å²) >= 11 is 1.79. The fourth-order valence-corrected chi connectivity index (χ4v) is 4.07. The number of nitrogens with zero attached hydrogens (tertiary/aromatic N) is 5. The van der Waals surface area contributed by atoms with Crippen LogP contribution in [0.4, 0.5) is 0 Å². The summed E-state index contributed by atoms with van der Waals surface area (Å²) in [7, 11) is 3.74.